The average molecular weight is 237 g/mol. The SMILES string of the molecule is Cc1cc(C#N)nc(SC(C)(C)C(=O)O)n1. The topological polar surface area (TPSA) is 86.9 Å². The van der Waals surface area contributed by atoms with Crippen LogP contribution in [0, 0.1) is 18.3 Å². The number of nitriles is 1. The maximum absolute atomic E-state index is 10.9. The van der Waals surface area contributed by atoms with E-state index >= 15 is 0 Å². The Morgan fingerprint density at radius 2 is 2.19 bits per heavy atom. The third-order valence-electron chi connectivity index (χ3n) is 1.81. The molecule has 5 nitrogen and oxygen atoms in total. The minimum absolute atomic E-state index is 0.246. The van der Waals surface area contributed by atoms with E-state index in [-0.39, 0.29) is 5.69 Å². The van der Waals surface area contributed by atoms with Gasteiger partial charge in [-0.2, -0.15) is 5.26 Å². The lowest BCUT2D eigenvalue weighted by atomic mass is 10.2. The van der Waals surface area contributed by atoms with Crippen LogP contribution >= 0.6 is 11.8 Å². The molecule has 0 bridgehead atoms. The summed E-state index contributed by atoms with van der Waals surface area (Å²) in [6.45, 7) is 4.87. The number of hydrogen-bond donors (Lipinski definition) is 1. The van der Waals surface area contributed by atoms with E-state index in [4.69, 9.17) is 10.4 Å². The fourth-order valence-corrected chi connectivity index (χ4v) is 1.79. The second-order valence-electron chi connectivity index (χ2n) is 3.71. The van der Waals surface area contributed by atoms with Gasteiger partial charge in [-0.3, -0.25) is 4.79 Å². The van der Waals surface area contributed by atoms with E-state index in [1.54, 1.807) is 26.8 Å². The standard InChI is InChI=1S/C10H11N3O2S/c1-6-4-7(5-11)13-9(12-6)16-10(2,3)8(14)15/h4H,1-3H3,(H,14,15). The normalized spacial score (nSPS) is 10.9. The van der Waals surface area contributed by atoms with Gasteiger partial charge in [-0.15, -0.1) is 0 Å². The van der Waals surface area contributed by atoms with Gasteiger partial charge in [0, 0.05) is 5.69 Å². The Bertz CT molecular complexity index is 466. The first kappa shape index (κ1) is 12.5. The van der Waals surface area contributed by atoms with E-state index in [0.717, 1.165) is 11.8 Å². The smallest absolute Gasteiger partial charge is 0.319 e. The summed E-state index contributed by atoms with van der Waals surface area (Å²) >= 11 is 1.02. The van der Waals surface area contributed by atoms with Crippen molar-refractivity contribution in [1.29, 1.82) is 5.26 Å². The van der Waals surface area contributed by atoms with E-state index < -0.39 is 10.7 Å². The molecule has 1 aromatic heterocycles. The van der Waals surface area contributed by atoms with E-state index in [0.29, 0.717) is 10.9 Å². The van der Waals surface area contributed by atoms with Crippen molar-refractivity contribution in [3.05, 3.63) is 17.5 Å². The van der Waals surface area contributed by atoms with Gasteiger partial charge in [-0.1, -0.05) is 11.8 Å². The van der Waals surface area contributed by atoms with Crippen molar-refractivity contribution >= 4 is 17.7 Å². The summed E-state index contributed by atoms with van der Waals surface area (Å²) in [4.78, 5) is 19.0. The number of carboxylic acid groups (broad SMARTS) is 1. The Labute approximate surface area is 97.5 Å². The van der Waals surface area contributed by atoms with Gasteiger partial charge in [0.25, 0.3) is 0 Å². The number of aromatic nitrogens is 2. The Balaban J connectivity index is 3.03. The van der Waals surface area contributed by atoms with Gasteiger partial charge in [0.1, 0.15) is 16.5 Å². The molecule has 1 rings (SSSR count). The number of hydrogen-bond acceptors (Lipinski definition) is 5. The van der Waals surface area contributed by atoms with Crippen molar-refractivity contribution < 1.29 is 9.90 Å². The molecule has 84 valence electrons. The van der Waals surface area contributed by atoms with Gasteiger partial charge in [-0.05, 0) is 26.8 Å². The molecule has 0 atom stereocenters. The molecule has 0 unspecified atom stereocenters. The van der Waals surface area contributed by atoms with Crippen LogP contribution < -0.4 is 0 Å². The number of rotatable bonds is 3. The molecule has 6 heteroatoms. The zero-order valence-electron chi connectivity index (χ0n) is 9.18. The Morgan fingerprint density at radius 1 is 1.56 bits per heavy atom. The third-order valence-corrected chi connectivity index (χ3v) is 2.86. The van der Waals surface area contributed by atoms with Crippen LogP contribution in [0.15, 0.2) is 11.2 Å². The summed E-state index contributed by atoms with van der Waals surface area (Å²) in [5.41, 5.74) is 0.895. The lowest BCUT2D eigenvalue weighted by molar-refractivity contribution is -0.138. The lowest BCUT2D eigenvalue weighted by Gasteiger charge is -2.16. The largest absolute Gasteiger partial charge is 0.480 e. The van der Waals surface area contributed by atoms with Crippen molar-refractivity contribution in [2.75, 3.05) is 0 Å². The zero-order valence-corrected chi connectivity index (χ0v) is 10.00. The predicted molar refractivity (Wildman–Crippen MR) is 59.1 cm³/mol. The van der Waals surface area contributed by atoms with Crippen LogP contribution in [-0.2, 0) is 4.79 Å². The van der Waals surface area contributed by atoms with Gasteiger partial charge >= 0.3 is 5.97 Å². The highest BCUT2D eigenvalue weighted by Crippen LogP contribution is 2.30. The molecule has 0 aliphatic carbocycles. The molecule has 16 heavy (non-hydrogen) atoms. The molecule has 0 fully saturated rings. The fraction of sp³-hybridized carbons (Fsp3) is 0.400. The molecule has 1 heterocycles. The average Bonchev–Trinajstić information content (AvgIpc) is 2.15. The van der Waals surface area contributed by atoms with Crippen LogP contribution in [0.3, 0.4) is 0 Å². The summed E-state index contributed by atoms with van der Waals surface area (Å²) in [5.74, 6) is -0.943. The Morgan fingerprint density at radius 3 is 2.69 bits per heavy atom. The lowest BCUT2D eigenvalue weighted by Crippen LogP contribution is -2.27. The number of aryl methyl sites for hydroxylation is 1. The third kappa shape index (κ3) is 2.94. The first-order chi connectivity index (χ1) is 7.35. The van der Waals surface area contributed by atoms with Crippen LogP contribution in [0.1, 0.15) is 25.2 Å². The fourth-order valence-electron chi connectivity index (χ4n) is 0.916. The van der Waals surface area contributed by atoms with Gasteiger partial charge in [0.15, 0.2) is 5.16 Å². The highest BCUT2D eigenvalue weighted by atomic mass is 32.2. The van der Waals surface area contributed by atoms with Gasteiger partial charge in [0.05, 0.1) is 0 Å². The minimum atomic E-state index is -1.01. The summed E-state index contributed by atoms with van der Waals surface area (Å²) in [5, 5.41) is 18.0. The first-order valence-electron chi connectivity index (χ1n) is 4.53. The molecule has 1 N–H and O–H groups in total. The molecule has 1 aromatic rings. The van der Waals surface area contributed by atoms with Gasteiger partial charge in [0.2, 0.25) is 0 Å². The van der Waals surface area contributed by atoms with Crippen molar-refractivity contribution in [3.63, 3.8) is 0 Å². The highest BCUT2D eigenvalue weighted by Gasteiger charge is 2.30. The maximum Gasteiger partial charge on any atom is 0.319 e. The second kappa shape index (κ2) is 4.49. The summed E-state index contributed by atoms with van der Waals surface area (Å²) < 4.78 is -1.01. The highest BCUT2D eigenvalue weighted by molar-refractivity contribution is 8.01. The van der Waals surface area contributed by atoms with Gasteiger partial charge in [-0.25, -0.2) is 9.97 Å². The molecular weight excluding hydrogens is 226 g/mol. The first-order valence-corrected chi connectivity index (χ1v) is 5.35. The quantitative estimate of drug-likeness (QED) is 0.634. The molecule has 0 saturated carbocycles. The molecule has 0 amide bonds. The van der Waals surface area contributed by atoms with Crippen molar-refractivity contribution in [2.45, 2.75) is 30.7 Å². The van der Waals surface area contributed by atoms with Crippen molar-refractivity contribution in [1.82, 2.24) is 9.97 Å². The number of aliphatic carboxylic acids is 1. The Kier molecular flexibility index (Phi) is 3.50. The van der Waals surface area contributed by atoms with E-state index in [1.807, 2.05) is 6.07 Å². The zero-order chi connectivity index (χ0) is 12.3. The van der Waals surface area contributed by atoms with Gasteiger partial charge < -0.3 is 5.11 Å². The molecule has 0 aliphatic heterocycles. The number of carboxylic acids is 1. The monoisotopic (exact) mass is 237 g/mol. The number of nitrogens with zero attached hydrogens (tertiary/aromatic N) is 3. The van der Waals surface area contributed by atoms with Crippen molar-refractivity contribution in [3.8, 4) is 6.07 Å². The number of carbonyl (C=O) groups is 1. The second-order valence-corrected chi connectivity index (χ2v) is 5.30. The van der Waals surface area contributed by atoms with E-state index in [2.05, 4.69) is 9.97 Å². The molecule has 0 aliphatic rings. The molecular formula is C10H11N3O2S. The summed E-state index contributed by atoms with van der Waals surface area (Å²) in [6, 6.07) is 3.46. The van der Waals surface area contributed by atoms with Crippen LogP contribution in [-0.4, -0.2) is 25.8 Å². The maximum atomic E-state index is 10.9. The molecule has 0 spiro atoms. The van der Waals surface area contributed by atoms with Crippen LogP contribution in [0.5, 0.6) is 0 Å². The van der Waals surface area contributed by atoms with Crippen LogP contribution in [0.4, 0.5) is 0 Å². The minimum Gasteiger partial charge on any atom is -0.480 e. The molecule has 0 radical (unpaired) electrons. The van der Waals surface area contributed by atoms with E-state index in [9.17, 15) is 4.79 Å². The molecule has 0 aromatic carbocycles. The predicted octanol–water partition coefficient (Wildman–Crippen LogP) is 1.61. The summed E-state index contributed by atoms with van der Waals surface area (Å²) in [6.07, 6.45) is 0. The van der Waals surface area contributed by atoms with E-state index in [1.165, 1.54) is 0 Å². The van der Waals surface area contributed by atoms with Crippen LogP contribution in [0.2, 0.25) is 0 Å². The van der Waals surface area contributed by atoms with Crippen molar-refractivity contribution in [2.24, 2.45) is 0 Å². The van der Waals surface area contributed by atoms with Crippen LogP contribution in [0.25, 0.3) is 0 Å². The summed E-state index contributed by atoms with van der Waals surface area (Å²) in [7, 11) is 0. The Hall–Kier alpha value is -1.61. The number of thioether (sulfide) groups is 1. The molecule has 0 saturated heterocycles.